The van der Waals surface area contributed by atoms with Crippen LogP contribution >= 0.6 is 15.9 Å². The number of benzene rings is 1. The second-order valence-electron chi connectivity index (χ2n) is 3.62. The summed E-state index contributed by atoms with van der Waals surface area (Å²) in [6, 6.07) is 2.62. The summed E-state index contributed by atoms with van der Waals surface area (Å²) in [4.78, 5) is 31.9. The summed E-state index contributed by atoms with van der Waals surface area (Å²) < 4.78 is 0.00977. The van der Waals surface area contributed by atoms with Crippen LogP contribution in [0, 0.1) is 21.4 Å². The van der Waals surface area contributed by atoms with Gasteiger partial charge in [0.1, 0.15) is 11.6 Å². The van der Waals surface area contributed by atoms with Gasteiger partial charge in [-0.1, -0.05) is 0 Å². The van der Waals surface area contributed by atoms with Crippen molar-refractivity contribution in [3.05, 3.63) is 37.9 Å². The van der Waals surface area contributed by atoms with E-state index in [1.54, 1.807) is 5.32 Å². The average Bonchev–Trinajstić information content (AvgIpc) is 2.38. The highest BCUT2D eigenvalue weighted by molar-refractivity contribution is 9.10. The van der Waals surface area contributed by atoms with E-state index < -0.39 is 33.9 Å². The maximum Gasteiger partial charge on any atom is 0.319 e. The van der Waals surface area contributed by atoms with E-state index in [4.69, 9.17) is 11.0 Å². The second-order valence-corrected chi connectivity index (χ2v) is 4.47. The first kappa shape index (κ1) is 16.1. The number of amides is 3. The lowest BCUT2D eigenvalue weighted by Gasteiger charge is -2.02. The molecule has 9 nitrogen and oxygen atoms in total. The van der Waals surface area contributed by atoms with E-state index in [9.17, 15) is 24.8 Å². The predicted molar refractivity (Wildman–Crippen MR) is 73.8 cm³/mol. The molecule has 0 spiro atoms. The van der Waals surface area contributed by atoms with Crippen LogP contribution in [-0.2, 0) is 4.79 Å². The van der Waals surface area contributed by atoms with Crippen LogP contribution in [0.2, 0.25) is 0 Å². The molecule has 0 saturated carbocycles. The van der Waals surface area contributed by atoms with Gasteiger partial charge in [0.05, 0.1) is 9.40 Å². The number of rotatable bonds is 3. The minimum atomic E-state index is -1.14. The molecule has 3 amide bonds. The standard InChI is InChI=1S/C11H7BrN4O5/c12-7-2-5(3-8(9(7)17)16(20)21)1-6(4-13)10(18)15-11(14)19/h1-3,17H,(H3,14,15,18,19)/b6-1-. The number of nitrogens with one attached hydrogen (secondary N) is 1. The van der Waals surface area contributed by atoms with Crippen molar-refractivity contribution in [3.63, 3.8) is 0 Å². The van der Waals surface area contributed by atoms with Gasteiger partial charge in [0, 0.05) is 6.07 Å². The van der Waals surface area contributed by atoms with Crippen LogP contribution in [0.15, 0.2) is 22.2 Å². The number of nitro benzene ring substituents is 1. The quantitative estimate of drug-likeness (QED) is 0.319. The lowest BCUT2D eigenvalue weighted by molar-refractivity contribution is -0.386. The van der Waals surface area contributed by atoms with E-state index in [0.717, 1.165) is 12.1 Å². The highest BCUT2D eigenvalue weighted by Gasteiger charge is 2.18. The Bertz CT molecular complexity index is 707. The van der Waals surface area contributed by atoms with Crippen LogP contribution < -0.4 is 11.1 Å². The Labute approximate surface area is 125 Å². The number of urea groups is 1. The van der Waals surface area contributed by atoms with Crippen molar-refractivity contribution in [2.45, 2.75) is 0 Å². The van der Waals surface area contributed by atoms with Crippen molar-refractivity contribution >= 4 is 39.6 Å². The summed E-state index contributed by atoms with van der Waals surface area (Å²) >= 11 is 2.91. The van der Waals surface area contributed by atoms with E-state index in [1.807, 2.05) is 0 Å². The molecule has 10 heteroatoms. The van der Waals surface area contributed by atoms with Crippen molar-refractivity contribution < 1.29 is 19.6 Å². The number of carbonyl (C=O) groups excluding carboxylic acids is 2. The van der Waals surface area contributed by atoms with Crippen LogP contribution in [0.1, 0.15) is 5.56 Å². The van der Waals surface area contributed by atoms with Crippen LogP contribution in [0.5, 0.6) is 5.75 Å². The molecular weight excluding hydrogens is 348 g/mol. The minimum Gasteiger partial charge on any atom is -0.501 e. The average molecular weight is 355 g/mol. The number of nitrogens with zero attached hydrogens (tertiary/aromatic N) is 2. The molecule has 0 unspecified atom stereocenters. The fourth-order valence-electron chi connectivity index (χ4n) is 1.32. The van der Waals surface area contributed by atoms with Gasteiger partial charge in [-0.2, -0.15) is 5.26 Å². The summed E-state index contributed by atoms with van der Waals surface area (Å²) in [5.41, 5.74) is 3.76. The van der Waals surface area contributed by atoms with Gasteiger partial charge in [-0.3, -0.25) is 20.2 Å². The number of phenolic OH excluding ortho intramolecular Hbond substituents is 1. The molecule has 4 N–H and O–H groups in total. The Morgan fingerprint density at radius 1 is 1.52 bits per heavy atom. The Hall–Kier alpha value is -2.93. The first-order valence-corrected chi connectivity index (χ1v) is 5.95. The number of primary amides is 1. The van der Waals surface area contributed by atoms with E-state index in [1.165, 1.54) is 12.1 Å². The maximum absolute atomic E-state index is 11.5. The zero-order valence-corrected chi connectivity index (χ0v) is 11.7. The number of imide groups is 1. The molecule has 0 aliphatic heterocycles. The molecule has 0 aliphatic rings. The topological polar surface area (TPSA) is 159 Å². The zero-order chi connectivity index (χ0) is 16.2. The normalized spacial score (nSPS) is 10.6. The molecule has 0 fully saturated rings. The Morgan fingerprint density at radius 2 is 2.14 bits per heavy atom. The summed E-state index contributed by atoms with van der Waals surface area (Å²) in [5.74, 6) is -1.63. The lowest BCUT2D eigenvalue weighted by atomic mass is 10.1. The minimum absolute atomic E-state index is 0.00977. The Morgan fingerprint density at radius 3 is 2.62 bits per heavy atom. The summed E-state index contributed by atoms with van der Waals surface area (Å²) in [5, 5.41) is 30.8. The van der Waals surface area contributed by atoms with Crippen molar-refractivity contribution in [1.82, 2.24) is 5.32 Å². The number of aromatic hydroxyl groups is 1. The Kier molecular flexibility index (Phi) is 4.98. The summed E-state index contributed by atoms with van der Waals surface area (Å²) in [6.45, 7) is 0. The summed E-state index contributed by atoms with van der Waals surface area (Å²) in [7, 11) is 0. The number of nitrogens with two attached hydrogens (primary N) is 1. The number of phenols is 1. The van der Waals surface area contributed by atoms with Crippen molar-refractivity contribution in [1.29, 1.82) is 5.26 Å². The van der Waals surface area contributed by atoms with Crippen molar-refractivity contribution in [2.24, 2.45) is 5.73 Å². The fourth-order valence-corrected chi connectivity index (χ4v) is 1.79. The molecule has 0 bridgehead atoms. The van der Waals surface area contributed by atoms with E-state index in [2.05, 4.69) is 15.9 Å². The van der Waals surface area contributed by atoms with Crippen LogP contribution in [-0.4, -0.2) is 22.0 Å². The van der Waals surface area contributed by atoms with Gasteiger partial charge in [-0.25, -0.2) is 4.79 Å². The molecule has 21 heavy (non-hydrogen) atoms. The maximum atomic E-state index is 11.5. The van der Waals surface area contributed by atoms with E-state index in [-0.39, 0.29) is 10.0 Å². The molecule has 0 aliphatic carbocycles. The van der Waals surface area contributed by atoms with Crippen LogP contribution in [0.3, 0.4) is 0 Å². The smallest absolute Gasteiger partial charge is 0.319 e. The first-order chi connectivity index (χ1) is 9.76. The molecular formula is C11H7BrN4O5. The molecule has 0 aromatic heterocycles. The van der Waals surface area contributed by atoms with Crippen molar-refractivity contribution in [2.75, 3.05) is 0 Å². The molecule has 108 valence electrons. The molecule has 0 atom stereocenters. The number of hydrogen-bond acceptors (Lipinski definition) is 6. The largest absolute Gasteiger partial charge is 0.501 e. The summed E-state index contributed by atoms with van der Waals surface area (Å²) in [6.07, 6.45) is 1.01. The van der Waals surface area contributed by atoms with Gasteiger partial charge < -0.3 is 10.8 Å². The van der Waals surface area contributed by atoms with Gasteiger partial charge in [0.2, 0.25) is 5.75 Å². The Balaban J connectivity index is 3.30. The van der Waals surface area contributed by atoms with Gasteiger partial charge in [0.25, 0.3) is 5.91 Å². The fraction of sp³-hybridized carbons (Fsp3) is 0. The second kappa shape index (κ2) is 6.49. The molecule has 1 rings (SSSR count). The van der Waals surface area contributed by atoms with Gasteiger partial charge >= 0.3 is 11.7 Å². The van der Waals surface area contributed by atoms with Crippen LogP contribution in [0.25, 0.3) is 6.08 Å². The van der Waals surface area contributed by atoms with E-state index in [0.29, 0.717) is 0 Å². The highest BCUT2D eigenvalue weighted by Crippen LogP contribution is 2.35. The first-order valence-electron chi connectivity index (χ1n) is 5.15. The molecule has 0 heterocycles. The molecule has 1 aromatic rings. The molecule has 1 aromatic carbocycles. The van der Waals surface area contributed by atoms with Gasteiger partial charge in [-0.05, 0) is 33.6 Å². The number of nitro groups is 1. The molecule has 0 radical (unpaired) electrons. The monoisotopic (exact) mass is 354 g/mol. The third-order valence-corrected chi connectivity index (χ3v) is 2.78. The van der Waals surface area contributed by atoms with Gasteiger partial charge in [0.15, 0.2) is 0 Å². The number of carbonyl (C=O) groups is 2. The third kappa shape index (κ3) is 4.02. The highest BCUT2D eigenvalue weighted by atomic mass is 79.9. The number of halogens is 1. The van der Waals surface area contributed by atoms with Crippen LogP contribution in [0.4, 0.5) is 10.5 Å². The van der Waals surface area contributed by atoms with Gasteiger partial charge in [-0.15, -0.1) is 0 Å². The lowest BCUT2D eigenvalue weighted by Crippen LogP contribution is -2.35. The van der Waals surface area contributed by atoms with E-state index >= 15 is 0 Å². The van der Waals surface area contributed by atoms with Crippen molar-refractivity contribution in [3.8, 4) is 11.8 Å². The third-order valence-electron chi connectivity index (χ3n) is 2.18. The SMILES string of the molecule is N#C/C(=C/c1cc(Br)c(O)c([N+](=O)[O-])c1)C(=O)NC(N)=O. The predicted octanol–water partition coefficient (Wildman–Crippen LogP) is 1.16. The number of nitriles is 1. The molecule has 0 saturated heterocycles. The zero-order valence-electron chi connectivity index (χ0n) is 10.2. The number of hydrogen-bond donors (Lipinski definition) is 3.